The number of anilines is 1. The van der Waals surface area contributed by atoms with Gasteiger partial charge in [-0.3, -0.25) is 4.68 Å². The third-order valence-electron chi connectivity index (χ3n) is 5.15. The van der Waals surface area contributed by atoms with Gasteiger partial charge < -0.3 is 15.1 Å². The third-order valence-corrected chi connectivity index (χ3v) is 5.47. The summed E-state index contributed by atoms with van der Waals surface area (Å²) in [4.78, 5) is 9.57. The van der Waals surface area contributed by atoms with Crippen molar-refractivity contribution >= 4 is 23.2 Å². The number of benzene rings is 1. The molecule has 1 saturated heterocycles. The summed E-state index contributed by atoms with van der Waals surface area (Å²) in [6, 6.07) is 8.05. The molecule has 0 bridgehead atoms. The summed E-state index contributed by atoms with van der Waals surface area (Å²) in [7, 11) is 1.98. The Labute approximate surface area is 166 Å². The summed E-state index contributed by atoms with van der Waals surface area (Å²) in [5.41, 5.74) is 4.55. The van der Waals surface area contributed by atoms with E-state index in [1.807, 2.05) is 36.9 Å². The van der Waals surface area contributed by atoms with Crippen molar-refractivity contribution in [3.8, 4) is 0 Å². The Kier molecular flexibility index (Phi) is 6.26. The van der Waals surface area contributed by atoms with Crippen LogP contribution in [0.5, 0.6) is 0 Å². The van der Waals surface area contributed by atoms with Crippen LogP contribution in [0.25, 0.3) is 0 Å². The van der Waals surface area contributed by atoms with E-state index in [1.54, 1.807) is 0 Å². The Balaban J connectivity index is 1.68. The molecule has 146 valence electrons. The zero-order valence-corrected chi connectivity index (χ0v) is 17.4. The van der Waals surface area contributed by atoms with Crippen LogP contribution in [0.1, 0.15) is 23.9 Å². The maximum absolute atomic E-state index is 6.36. The lowest BCUT2D eigenvalue weighted by atomic mass is 10.2. The molecule has 3 rings (SSSR count). The van der Waals surface area contributed by atoms with E-state index in [4.69, 9.17) is 16.6 Å². The second kappa shape index (κ2) is 8.65. The van der Waals surface area contributed by atoms with Gasteiger partial charge in [-0.25, -0.2) is 4.99 Å². The Morgan fingerprint density at radius 3 is 2.48 bits per heavy atom. The first-order chi connectivity index (χ1) is 13.0. The van der Waals surface area contributed by atoms with E-state index in [-0.39, 0.29) is 0 Å². The van der Waals surface area contributed by atoms with Gasteiger partial charge in [0.2, 0.25) is 0 Å². The molecule has 2 heterocycles. The molecular weight excluding hydrogens is 360 g/mol. The van der Waals surface area contributed by atoms with Crippen LogP contribution < -0.4 is 10.2 Å². The molecule has 27 heavy (non-hydrogen) atoms. The van der Waals surface area contributed by atoms with E-state index in [1.165, 1.54) is 11.3 Å². The number of hydrogen-bond acceptors (Lipinski definition) is 3. The Bertz CT molecular complexity index is 805. The molecule has 0 amide bonds. The molecular formula is C20H29ClN6. The topological polar surface area (TPSA) is 48.7 Å². The molecule has 1 aliphatic rings. The van der Waals surface area contributed by atoms with Gasteiger partial charge in [-0.2, -0.15) is 5.10 Å². The number of aryl methyl sites for hydroxylation is 2. The maximum Gasteiger partial charge on any atom is 0.194 e. The van der Waals surface area contributed by atoms with Crippen molar-refractivity contribution < 1.29 is 0 Å². The van der Waals surface area contributed by atoms with Crippen molar-refractivity contribution in [2.75, 3.05) is 37.6 Å². The van der Waals surface area contributed by atoms with Crippen molar-refractivity contribution in [1.82, 2.24) is 20.0 Å². The lowest BCUT2D eigenvalue weighted by Crippen LogP contribution is -2.52. The van der Waals surface area contributed by atoms with Crippen LogP contribution in [0, 0.1) is 13.8 Å². The summed E-state index contributed by atoms with van der Waals surface area (Å²) in [5, 5.41) is 8.75. The third kappa shape index (κ3) is 4.38. The van der Waals surface area contributed by atoms with Crippen LogP contribution in [-0.4, -0.2) is 53.4 Å². The highest BCUT2D eigenvalue weighted by Gasteiger charge is 2.21. The minimum absolute atomic E-state index is 0.651. The number of guanidine groups is 1. The van der Waals surface area contributed by atoms with E-state index in [9.17, 15) is 0 Å². The number of hydrogen-bond donors (Lipinski definition) is 1. The fourth-order valence-electron chi connectivity index (χ4n) is 3.49. The summed E-state index contributed by atoms with van der Waals surface area (Å²) >= 11 is 6.36. The average molecular weight is 389 g/mol. The predicted octanol–water partition coefficient (Wildman–Crippen LogP) is 2.98. The largest absolute Gasteiger partial charge is 0.367 e. The van der Waals surface area contributed by atoms with Crippen molar-refractivity contribution in [1.29, 1.82) is 0 Å². The molecule has 0 saturated carbocycles. The standard InChI is InChI=1S/C20H29ClN6/c1-5-22-20(23-14-17-15(2)24-25(4)16(17)3)27-12-10-26(11-13-27)19-9-7-6-8-18(19)21/h6-9H,5,10-14H2,1-4H3,(H,22,23). The summed E-state index contributed by atoms with van der Waals surface area (Å²) in [6.45, 7) is 11.5. The number of aromatic nitrogens is 2. The molecule has 0 unspecified atom stereocenters. The van der Waals surface area contributed by atoms with Gasteiger partial charge in [-0.05, 0) is 32.9 Å². The number of rotatable bonds is 4. The number of halogens is 1. The zero-order chi connectivity index (χ0) is 19.4. The van der Waals surface area contributed by atoms with E-state index >= 15 is 0 Å². The van der Waals surface area contributed by atoms with Crippen LogP contribution >= 0.6 is 11.6 Å². The monoisotopic (exact) mass is 388 g/mol. The normalized spacial score (nSPS) is 15.4. The summed E-state index contributed by atoms with van der Waals surface area (Å²) < 4.78 is 1.93. The SMILES string of the molecule is CCNC(=NCc1c(C)nn(C)c1C)N1CCN(c2ccccc2Cl)CC1. The average Bonchev–Trinajstić information content (AvgIpc) is 2.91. The Hall–Kier alpha value is -2.21. The van der Waals surface area contributed by atoms with Gasteiger partial charge in [0.05, 0.1) is 22.9 Å². The molecule has 2 aromatic rings. The molecule has 0 spiro atoms. The molecule has 1 fully saturated rings. The van der Waals surface area contributed by atoms with Crippen LogP contribution in [0.3, 0.4) is 0 Å². The van der Waals surface area contributed by atoms with Crippen molar-refractivity contribution in [3.63, 3.8) is 0 Å². The van der Waals surface area contributed by atoms with E-state index < -0.39 is 0 Å². The molecule has 7 heteroatoms. The minimum atomic E-state index is 0.651. The van der Waals surface area contributed by atoms with Crippen LogP contribution in [-0.2, 0) is 13.6 Å². The fourth-order valence-corrected chi connectivity index (χ4v) is 3.75. The van der Waals surface area contributed by atoms with E-state index in [2.05, 4.69) is 40.1 Å². The lowest BCUT2D eigenvalue weighted by Gasteiger charge is -2.38. The van der Waals surface area contributed by atoms with Gasteiger partial charge in [0.15, 0.2) is 5.96 Å². The molecule has 1 aromatic heterocycles. The van der Waals surface area contributed by atoms with Gasteiger partial charge >= 0.3 is 0 Å². The molecule has 0 atom stereocenters. The first-order valence-electron chi connectivity index (χ1n) is 9.53. The highest BCUT2D eigenvalue weighted by Crippen LogP contribution is 2.26. The first kappa shape index (κ1) is 19.5. The number of para-hydroxylation sites is 1. The van der Waals surface area contributed by atoms with Gasteiger partial charge in [-0.1, -0.05) is 23.7 Å². The summed E-state index contributed by atoms with van der Waals surface area (Å²) in [6.07, 6.45) is 0. The van der Waals surface area contributed by atoms with Gasteiger partial charge in [-0.15, -0.1) is 0 Å². The lowest BCUT2D eigenvalue weighted by molar-refractivity contribution is 0.372. The number of piperazine rings is 1. The van der Waals surface area contributed by atoms with Gasteiger partial charge in [0, 0.05) is 51.0 Å². The summed E-state index contributed by atoms with van der Waals surface area (Å²) in [5.74, 6) is 0.971. The van der Waals surface area contributed by atoms with Crippen molar-refractivity contribution in [2.45, 2.75) is 27.3 Å². The van der Waals surface area contributed by atoms with E-state index in [0.717, 1.165) is 55.1 Å². The van der Waals surface area contributed by atoms with Crippen molar-refractivity contribution in [3.05, 3.63) is 46.2 Å². The van der Waals surface area contributed by atoms with E-state index in [0.29, 0.717) is 6.54 Å². The van der Waals surface area contributed by atoms with Gasteiger partial charge in [0.25, 0.3) is 0 Å². The minimum Gasteiger partial charge on any atom is -0.367 e. The fraction of sp³-hybridized carbons (Fsp3) is 0.500. The highest BCUT2D eigenvalue weighted by atomic mass is 35.5. The second-order valence-electron chi connectivity index (χ2n) is 6.87. The quantitative estimate of drug-likeness (QED) is 0.646. The molecule has 6 nitrogen and oxygen atoms in total. The highest BCUT2D eigenvalue weighted by molar-refractivity contribution is 6.33. The zero-order valence-electron chi connectivity index (χ0n) is 16.7. The van der Waals surface area contributed by atoms with Crippen LogP contribution in [0.2, 0.25) is 5.02 Å². The molecule has 1 aliphatic heterocycles. The maximum atomic E-state index is 6.36. The smallest absolute Gasteiger partial charge is 0.194 e. The first-order valence-corrected chi connectivity index (χ1v) is 9.90. The Morgan fingerprint density at radius 1 is 1.19 bits per heavy atom. The number of nitrogens with zero attached hydrogens (tertiary/aromatic N) is 5. The molecule has 0 radical (unpaired) electrons. The van der Waals surface area contributed by atoms with Crippen molar-refractivity contribution in [2.24, 2.45) is 12.0 Å². The number of aliphatic imine (C=N–C) groups is 1. The number of nitrogens with one attached hydrogen (secondary N) is 1. The van der Waals surface area contributed by atoms with Crippen LogP contribution in [0.4, 0.5) is 5.69 Å². The molecule has 1 N–H and O–H groups in total. The van der Waals surface area contributed by atoms with Crippen LogP contribution in [0.15, 0.2) is 29.3 Å². The predicted molar refractivity (Wildman–Crippen MR) is 113 cm³/mol. The van der Waals surface area contributed by atoms with Gasteiger partial charge in [0.1, 0.15) is 0 Å². The second-order valence-corrected chi connectivity index (χ2v) is 7.28. The molecule has 0 aliphatic carbocycles. The molecule has 1 aromatic carbocycles. The Morgan fingerprint density at radius 2 is 1.89 bits per heavy atom.